The molecule has 4 heteroatoms. The Kier molecular flexibility index (Phi) is 3.39. The molecular weight excluding hydrogens is 267 g/mol. The number of hydrogen-bond acceptors (Lipinski definition) is 3. The molecule has 0 aliphatic heterocycles. The van der Waals surface area contributed by atoms with Crippen LogP contribution in [0.1, 0.15) is 24.6 Å². The molecule has 106 valence electrons. The molecule has 0 bridgehead atoms. The lowest BCUT2D eigenvalue weighted by atomic mass is 9.86. The molecule has 1 unspecified atom stereocenters. The van der Waals surface area contributed by atoms with Crippen molar-refractivity contribution in [1.29, 1.82) is 0 Å². The van der Waals surface area contributed by atoms with Gasteiger partial charge >= 0.3 is 0 Å². The molecule has 1 N–H and O–H groups in total. The summed E-state index contributed by atoms with van der Waals surface area (Å²) in [5.74, 6) is -0.423. The van der Waals surface area contributed by atoms with Gasteiger partial charge in [0, 0.05) is 17.1 Å². The van der Waals surface area contributed by atoms with Crippen molar-refractivity contribution >= 4 is 10.9 Å². The van der Waals surface area contributed by atoms with Crippen LogP contribution in [0.15, 0.2) is 54.9 Å². The van der Waals surface area contributed by atoms with Gasteiger partial charge in [-0.25, -0.2) is 4.39 Å². The third kappa shape index (κ3) is 2.28. The maximum Gasteiger partial charge on any atom is 0.141 e. The Morgan fingerprint density at radius 2 is 1.90 bits per heavy atom. The molecule has 1 atom stereocenters. The van der Waals surface area contributed by atoms with E-state index in [0.29, 0.717) is 17.7 Å². The number of nitrogens with zero attached hydrogens (tertiary/aromatic N) is 2. The van der Waals surface area contributed by atoms with Crippen LogP contribution < -0.4 is 0 Å². The van der Waals surface area contributed by atoms with Crippen LogP contribution in [0.4, 0.5) is 4.39 Å². The van der Waals surface area contributed by atoms with Crippen molar-refractivity contribution in [3.8, 4) is 0 Å². The number of halogens is 1. The Bertz CT molecular complexity index is 768. The summed E-state index contributed by atoms with van der Waals surface area (Å²) in [7, 11) is 0. The maximum absolute atomic E-state index is 13.1. The summed E-state index contributed by atoms with van der Waals surface area (Å²) in [6.45, 7) is 1.87. The quantitative estimate of drug-likeness (QED) is 0.800. The molecule has 0 aliphatic carbocycles. The van der Waals surface area contributed by atoms with Gasteiger partial charge in [0.2, 0.25) is 0 Å². The topological polar surface area (TPSA) is 46.0 Å². The average Bonchev–Trinajstić information content (AvgIpc) is 2.54. The van der Waals surface area contributed by atoms with Crippen LogP contribution in [0.5, 0.6) is 0 Å². The van der Waals surface area contributed by atoms with Gasteiger partial charge in [0.25, 0.3) is 0 Å². The predicted octanol–water partition coefficient (Wildman–Crippen LogP) is 3.41. The smallest absolute Gasteiger partial charge is 0.141 e. The van der Waals surface area contributed by atoms with Crippen LogP contribution in [-0.2, 0) is 5.60 Å². The highest BCUT2D eigenvalue weighted by molar-refractivity contribution is 5.82. The van der Waals surface area contributed by atoms with E-state index in [1.165, 1.54) is 12.1 Å². The zero-order chi connectivity index (χ0) is 14.9. The van der Waals surface area contributed by atoms with Gasteiger partial charge in [0.05, 0.1) is 17.4 Å². The fourth-order valence-corrected chi connectivity index (χ4v) is 2.57. The van der Waals surface area contributed by atoms with Crippen molar-refractivity contribution in [3.05, 3.63) is 71.9 Å². The van der Waals surface area contributed by atoms with E-state index < -0.39 is 11.4 Å². The van der Waals surface area contributed by atoms with Crippen molar-refractivity contribution in [2.24, 2.45) is 0 Å². The molecule has 21 heavy (non-hydrogen) atoms. The molecule has 0 amide bonds. The summed E-state index contributed by atoms with van der Waals surface area (Å²) in [5.41, 5.74) is 0.545. The standard InChI is InChI=1S/C17H15FN2O/c1-2-17(21,15-9-8-13(18)11-20-15)14-7-3-5-12-6-4-10-19-16(12)14/h3-11,21H,2H2,1H3. The van der Waals surface area contributed by atoms with E-state index in [1.54, 1.807) is 6.20 Å². The highest BCUT2D eigenvalue weighted by atomic mass is 19.1. The van der Waals surface area contributed by atoms with Crippen molar-refractivity contribution < 1.29 is 9.50 Å². The Morgan fingerprint density at radius 1 is 1.10 bits per heavy atom. The number of hydrogen-bond donors (Lipinski definition) is 1. The second-order valence-corrected chi connectivity index (χ2v) is 4.96. The number of para-hydroxylation sites is 1. The molecule has 0 aliphatic rings. The van der Waals surface area contributed by atoms with Crippen molar-refractivity contribution in [2.75, 3.05) is 0 Å². The van der Waals surface area contributed by atoms with E-state index in [-0.39, 0.29) is 0 Å². The minimum Gasteiger partial charge on any atom is -0.379 e. The largest absolute Gasteiger partial charge is 0.379 e. The fraction of sp³-hybridized carbons (Fsp3) is 0.176. The first-order chi connectivity index (χ1) is 10.1. The van der Waals surface area contributed by atoms with Crippen LogP contribution in [0.2, 0.25) is 0 Å². The monoisotopic (exact) mass is 282 g/mol. The first-order valence-corrected chi connectivity index (χ1v) is 6.84. The van der Waals surface area contributed by atoms with E-state index in [0.717, 1.165) is 17.1 Å². The number of benzene rings is 1. The van der Waals surface area contributed by atoms with Gasteiger partial charge in [-0.1, -0.05) is 31.2 Å². The van der Waals surface area contributed by atoms with Gasteiger partial charge in [-0.2, -0.15) is 0 Å². The van der Waals surface area contributed by atoms with Gasteiger partial charge in [-0.05, 0) is 24.6 Å². The molecule has 3 aromatic rings. The van der Waals surface area contributed by atoms with Gasteiger partial charge in [0.15, 0.2) is 0 Å². The fourth-order valence-electron chi connectivity index (χ4n) is 2.57. The second-order valence-electron chi connectivity index (χ2n) is 4.96. The summed E-state index contributed by atoms with van der Waals surface area (Å²) in [5, 5.41) is 12.1. The normalized spacial score (nSPS) is 14.0. The van der Waals surface area contributed by atoms with Crippen molar-refractivity contribution in [3.63, 3.8) is 0 Å². The van der Waals surface area contributed by atoms with Gasteiger partial charge in [0.1, 0.15) is 11.4 Å². The lowest BCUT2D eigenvalue weighted by Crippen LogP contribution is -2.28. The third-order valence-electron chi connectivity index (χ3n) is 3.74. The Balaban J connectivity index is 2.24. The lowest BCUT2D eigenvalue weighted by Gasteiger charge is -2.27. The Hall–Kier alpha value is -2.33. The van der Waals surface area contributed by atoms with Crippen molar-refractivity contribution in [2.45, 2.75) is 18.9 Å². The molecule has 0 spiro atoms. The van der Waals surface area contributed by atoms with Gasteiger partial charge in [-0.15, -0.1) is 0 Å². The predicted molar refractivity (Wildman–Crippen MR) is 79.2 cm³/mol. The molecular formula is C17H15FN2O. The Morgan fingerprint density at radius 3 is 2.62 bits per heavy atom. The second kappa shape index (κ2) is 5.22. The van der Waals surface area contributed by atoms with Crippen LogP contribution in [0, 0.1) is 5.82 Å². The zero-order valence-electron chi connectivity index (χ0n) is 11.6. The molecule has 2 aromatic heterocycles. The van der Waals surface area contributed by atoms with E-state index >= 15 is 0 Å². The highest BCUT2D eigenvalue weighted by Crippen LogP contribution is 2.35. The molecule has 0 saturated heterocycles. The van der Waals surface area contributed by atoms with Crippen LogP contribution in [0.25, 0.3) is 10.9 Å². The number of rotatable bonds is 3. The molecule has 1 aromatic carbocycles. The SMILES string of the molecule is CCC(O)(c1ccc(F)cn1)c1cccc2cccnc12. The number of pyridine rings is 2. The number of aliphatic hydroxyl groups is 1. The molecule has 0 fully saturated rings. The van der Waals surface area contributed by atoms with E-state index in [1.807, 2.05) is 37.3 Å². The number of fused-ring (bicyclic) bond motifs is 1. The van der Waals surface area contributed by atoms with Gasteiger partial charge < -0.3 is 5.11 Å². The lowest BCUT2D eigenvalue weighted by molar-refractivity contribution is 0.0731. The molecule has 0 radical (unpaired) electrons. The summed E-state index contributed by atoms with van der Waals surface area (Å²) >= 11 is 0. The zero-order valence-corrected chi connectivity index (χ0v) is 11.6. The van der Waals surface area contributed by atoms with Crippen molar-refractivity contribution in [1.82, 2.24) is 9.97 Å². The van der Waals surface area contributed by atoms with Crippen LogP contribution >= 0.6 is 0 Å². The van der Waals surface area contributed by atoms with E-state index in [2.05, 4.69) is 9.97 Å². The molecule has 3 rings (SSSR count). The van der Waals surface area contributed by atoms with Gasteiger partial charge in [-0.3, -0.25) is 9.97 Å². The number of aromatic nitrogens is 2. The maximum atomic E-state index is 13.1. The average molecular weight is 282 g/mol. The van der Waals surface area contributed by atoms with E-state index in [4.69, 9.17) is 0 Å². The minimum absolute atomic E-state index is 0.418. The first kappa shape index (κ1) is 13.6. The van der Waals surface area contributed by atoms with E-state index in [9.17, 15) is 9.50 Å². The summed E-state index contributed by atoms with van der Waals surface area (Å²) < 4.78 is 13.1. The third-order valence-corrected chi connectivity index (χ3v) is 3.74. The summed E-state index contributed by atoms with van der Waals surface area (Å²) in [6, 6.07) is 12.3. The summed E-state index contributed by atoms with van der Waals surface area (Å²) in [6.07, 6.45) is 3.23. The molecule has 0 saturated carbocycles. The highest BCUT2D eigenvalue weighted by Gasteiger charge is 2.33. The summed E-state index contributed by atoms with van der Waals surface area (Å²) in [4.78, 5) is 8.43. The Labute approximate surface area is 122 Å². The first-order valence-electron chi connectivity index (χ1n) is 6.84. The minimum atomic E-state index is -1.29. The molecule has 3 nitrogen and oxygen atoms in total. The molecule has 2 heterocycles. The van der Waals surface area contributed by atoms with Crippen LogP contribution in [-0.4, -0.2) is 15.1 Å². The van der Waals surface area contributed by atoms with Crippen LogP contribution in [0.3, 0.4) is 0 Å².